The lowest BCUT2D eigenvalue weighted by Crippen LogP contribution is -2.81. The van der Waals surface area contributed by atoms with E-state index < -0.39 is 81.6 Å². The standard InChI is InChI=1S/C46H58N4O9.C4H6O6/c1-8-42(54)23-28-24-45(40(52)57-6,36-30(15-19-49(25-28)26-42)29-13-10-11-14-33(29)47-36)32-21-31-34(22-35(32)56-5)48(4)38-44(31)17-20-50-18-12-16-43(9-2,37(44)50)39(59-27(3)51)46(38,55)41(53)58-7;5-1(3(7)8)2(6)4(9)10/h10-14,16,21-22,28,37-39,47,54-55H,8-9,15,17-20,23-26H2,1-7H3;1-2,5-6H,(H,7,8)(H,9,10)/t28-,37+,38-,39-,42+,43-,44-,45+,46+;1-,2-/m11/s1. The molecule has 2 saturated heterocycles. The van der Waals surface area contributed by atoms with Gasteiger partial charge < -0.3 is 59.5 Å². The molecule has 6 aliphatic rings. The predicted molar refractivity (Wildman–Crippen MR) is 248 cm³/mol. The van der Waals surface area contributed by atoms with Gasteiger partial charge in [0.25, 0.3) is 0 Å². The maximum Gasteiger partial charge on any atom is 0.344 e. The number of carboxylic acids is 2. The summed E-state index contributed by atoms with van der Waals surface area (Å²) in [6.07, 6.45) is 1.41. The van der Waals surface area contributed by atoms with Crippen LogP contribution in [0.25, 0.3) is 10.9 Å². The summed E-state index contributed by atoms with van der Waals surface area (Å²) in [7, 11) is 6.15. The summed E-state index contributed by atoms with van der Waals surface area (Å²) >= 11 is 0. The van der Waals surface area contributed by atoms with Crippen molar-refractivity contribution in [2.24, 2.45) is 11.3 Å². The Labute approximate surface area is 399 Å². The molecule has 1 saturated carbocycles. The number of methoxy groups -OCH3 is 3. The Balaban J connectivity index is 0.000000579. The number of nitrogens with one attached hydrogen (secondary N) is 1. The molecular formula is C50H64N4O15. The van der Waals surface area contributed by atoms with E-state index in [1.165, 1.54) is 21.1 Å². The molecule has 1 spiro atoms. The lowest BCUT2D eigenvalue weighted by Gasteiger charge is -2.63. The lowest BCUT2D eigenvalue weighted by molar-refractivity contribution is -0.228. The van der Waals surface area contributed by atoms with Gasteiger partial charge in [-0.3, -0.25) is 19.4 Å². The molecule has 12 atom stereocenters. The van der Waals surface area contributed by atoms with E-state index in [-0.39, 0.29) is 12.0 Å². The molecule has 6 heterocycles. The summed E-state index contributed by atoms with van der Waals surface area (Å²) in [5.74, 6) is -5.10. The van der Waals surface area contributed by atoms with Gasteiger partial charge in [-0.25, -0.2) is 14.4 Å². The van der Waals surface area contributed by atoms with Crippen LogP contribution in [0, 0.1) is 11.3 Å². The Morgan fingerprint density at radius 3 is 2.17 bits per heavy atom. The number of para-hydroxylation sites is 1. The average molecular weight is 961 g/mol. The monoisotopic (exact) mass is 960 g/mol. The van der Waals surface area contributed by atoms with Crippen LogP contribution in [0.15, 0.2) is 48.6 Å². The maximum atomic E-state index is 15.3. The van der Waals surface area contributed by atoms with Crippen molar-refractivity contribution in [3.63, 3.8) is 0 Å². The van der Waals surface area contributed by atoms with Crippen LogP contribution in [0.5, 0.6) is 5.75 Å². The molecule has 3 aromatic rings. The quantitative estimate of drug-likeness (QED) is 0.0869. The largest absolute Gasteiger partial charge is 0.496 e. The zero-order valence-corrected chi connectivity index (χ0v) is 40.1. The summed E-state index contributed by atoms with van der Waals surface area (Å²) < 4.78 is 23.9. The molecule has 374 valence electrons. The first-order valence-corrected chi connectivity index (χ1v) is 23.5. The van der Waals surface area contributed by atoms with Crippen LogP contribution in [0.2, 0.25) is 0 Å². The predicted octanol–water partition coefficient (Wildman–Crippen LogP) is 1.87. The number of ether oxygens (including phenoxy) is 4. The minimum absolute atomic E-state index is 0.0986. The van der Waals surface area contributed by atoms with Crippen molar-refractivity contribution >= 4 is 46.4 Å². The van der Waals surface area contributed by atoms with Gasteiger partial charge in [-0.05, 0) is 74.2 Å². The third-order valence-electron chi connectivity index (χ3n) is 16.4. The van der Waals surface area contributed by atoms with Crippen molar-refractivity contribution in [3.8, 4) is 5.75 Å². The molecule has 2 aromatic carbocycles. The van der Waals surface area contributed by atoms with Crippen molar-refractivity contribution in [1.29, 1.82) is 0 Å². The van der Waals surface area contributed by atoms with Crippen LogP contribution in [-0.2, 0) is 55.4 Å². The highest BCUT2D eigenvalue weighted by Gasteiger charge is 2.80. The smallest absolute Gasteiger partial charge is 0.344 e. The number of aromatic nitrogens is 1. The number of likely N-dealkylation sites (N-methyl/N-ethyl adjacent to an activating group) is 1. The number of hydrogen-bond donors (Lipinski definition) is 7. The van der Waals surface area contributed by atoms with E-state index in [0.717, 1.165) is 33.4 Å². The number of aliphatic carboxylic acids is 2. The number of aliphatic hydroxyl groups is 4. The van der Waals surface area contributed by atoms with Gasteiger partial charge in [0, 0.05) is 90.9 Å². The SMILES string of the molecule is CC[C@]1(O)C[C@H]2CN(CCc3c([nH]c4ccccc34)[C@@](C(=O)OC)(c3cc4c(cc3OC)N(C)[C@H]3[C@@](O)(C(=O)OC)[C@H](OC(C)=O)[C@]5(CC)C=CCN6CC[C@]43[C@@H]65)C2)C1.O=C(O)[C@H](O)[C@@H](O)C(=O)O. The molecule has 3 fully saturated rings. The number of carbonyl (C=O) groups excluding carboxylic acids is 3. The topological polar surface area (TPSA) is 269 Å². The highest BCUT2D eigenvalue weighted by atomic mass is 16.6. The van der Waals surface area contributed by atoms with E-state index in [2.05, 4.69) is 39.1 Å². The number of hydrogen-bond acceptors (Lipinski definition) is 16. The number of fused-ring (bicyclic) bond motifs is 6. The Bertz CT molecular complexity index is 2560. The number of benzene rings is 2. The van der Waals surface area contributed by atoms with E-state index in [1.807, 2.05) is 50.1 Å². The number of esters is 3. The van der Waals surface area contributed by atoms with Crippen molar-refractivity contribution in [2.75, 3.05) is 66.0 Å². The molecule has 1 aliphatic carbocycles. The fourth-order valence-corrected chi connectivity index (χ4v) is 13.8. The van der Waals surface area contributed by atoms with Crippen LogP contribution < -0.4 is 9.64 Å². The van der Waals surface area contributed by atoms with E-state index in [0.29, 0.717) is 82.6 Å². The van der Waals surface area contributed by atoms with E-state index in [1.54, 1.807) is 7.11 Å². The zero-order chi connectivity index (χ0) is 50.2. The minimum Gasteiger partial charge on any atom is -0.496 e. The first kappa shape index (κ1) is 49.8. The molecule has 19 nitrogen and oxygen atoms in total. The molecule has 69 heavy (non-hydrogen) atoms. The summed E-state index contributed by atoms with van der Waals surface area (Å²) in [6.45, 7) is 8.62. The van der Waals surface area contributed by atoms with E-state index >= 15 is 4.79 Å². The number of piperidine rings is 1. The van der Waals surface area contributed by atoms with Gasteiger partial charge in [0.1, 0.15) is 11.2 Å². The normalized spacial score (nSPS) is 33.9. The van der Waals surface area contributed by atoms with E-state index in [9.17, 15) is 29.4 Å². The molecule has 0 radical (unpaired) electrons. The van der Waals surface area contributed by atoms with Gasteiger partial charge in [0.05, 0.1) is 33.0 Å². The van der Waals surface area contributed by atoms with Crippen molar-refractivity contribution in [3.05, 3.63) is 70.9 Å². The summed E-state index contributed by atoms with van der Waals surface area (Å²) in [4.78, 5) is 72.7. The zero-order valence-electron chi connectivity index (χ0n) is 40.1. The van der Waals surface area contributed by atoms with Crippen molar-refractivity contribution in [1.82, 2.24) is 14.8 Å². The molecule has 9 rings (SSSR count). The van der Waals surface area contributed by atoms with Crippen LogP contribution in [0.4, 0.5) is 5.69 Å². The second-order valence-corrected chi connectivity index (χ2v) is 19.8. The van der Waals surface area contributed by atoms with Crippen molar-refractivity contribution < 1.29 is 73.6 Å². The number of rotatable bonds is 10. The van der Waals surface area contributed by atoms with Gasteiger partial charge in [0.15, 0.2) is 18.3 Å². The number of carboxylic acid groups (broad SMARTS) is 2. The summed E-state index contributed by atoms with van der Waals surface area (Å²) in [5, 5.41) is 58.9. The molecule has 1 aromatic heterocycles. The summed E-state index contributed by atoms with van der Waals surface area (Å²) in [6, 6.07) is 11.0. The Morgan fingerprint density at radius 2 is 1.57 bits per heavy atom. The first-order chi connectivity index (χ1) is 32.7. The third kappa shape index (κ3) is 7.32. The highest BCUT2D eigenvalue weighted by molar-refractivity contribution is 5.95. The van der Waals surface area contributed by atoms with Crippen molar-refractivity contribution in [2.45, 2.75) is 112 Å². The van der Waals surface area contributed by atoms with Gasteiger partial charge in [0.2, 0.25) is 5.60 Å². The fraction of sp³-hybridized carbons (Fsp3) is 0.580. The minimum atomic E-state index is -2.30. The Hall–Kier alpha value is -5.57. The molecule has 0 amide bonds. The highest BCUT2D eigenvalue weighted by Crippen LogP contribution is 2.68. The number of aliphatic hydroxyl groups excluding tert-OH is 2. The maximum absolute atomic E-state index is 15.3. The van der Waals surface area contributed by atoms with Gasteiger partial charge in [-0.1, -0.05) is 44.2 Å². The molecule has 19 heteroatoms. The second-order valence-electron chi connectivity index (χ2n) is 19.8. The van der Waals surface area contributed by atoms with Gasteiger partial charge >= 0.3 is 29.8 Å². The molecule has 7 N–H and O–H groups in total. The first-order valence-electron chi connectivity index (χ1n) is 23.5. The molecule has 2 bridgehead atoms. The summed E-state index contributed by atoms with van der Waals surface area (Å²) in [5.41, 5.74) is -1.62. The number of anilines is 1. The molecular weight excluding hydrogens is 897 g/mol. The number of carbonyl (C=O) groups is 5. The fourth-order valence-electron chi connectivity index (χ4n) is 13.8. The number of aromatic amines is 1. The Kier molecular flexibility index (Phi) is 13.0. The van der Waals surface area contributed by atoms with Crippen LogP contribution in [0.1, 0.15) is 75.3 Å². The molecule has 5 aliphatic heterocycles. The van der Waals surface area contributed by atoms with Crippen LogP contribution >= 0.6 is 0 Å². The van der Waals surface area contributed by atoms with Gasteiger partial charge in [-0.15, -0.1) is 0 Å². The second kappa shape index (κ2) is 18.0. The number of nitrogens with zero attached hydrogens (tertiary/aromatic N) is 3. The van der Waals surface area contributed by atoms with Crippen LogP contribution in [0.3, 0.4) is 0 Å². The lowest BCUT2D eigenvalue weighted by atomic mass is 9.47. The van der Waals surface area contributed by atoms with E-state index in [4.69, 9.17) is 39.4 Å². The molecule has 1 unspecified atom stereocenters. The Morgan fingerprint density at radius 1 is 0.884 bits per heavy atom. The number of H-pyrrole nitrogens is 1. The van der Waals surface area contributed by atoms with Gasteiger partial charge in [-0.2, -0.15) is 0 Å². The third-order valence-corrected chi connectivity index (χ3v) is 16.4. The average Bonchev–Trinajstić information content (AvgIpc) is 4.00. The van der Waals surface area contributed by atoms with Crippen LogP contribution in [-0.4, -0.2) is 178 Å².